The Morgan fingerprint density at radius 1 is 1.33 bits per heavy atom. The van der Waals surface area contributed by atoms with E-state index in [9.17, 15) is 0 Å². The topological polar surface area (TPSA) is 24.9 Å². The fourth-order valence-corrected chi connectivity index (χ4v) is 2.59. The number of para-hydroxylation sites is 1. The maximum absolute atomic E-state index is 4.92. The van der Waals surface area contributed by atoms with Crippen molar-refractivity contribution in [3.05, 3.63) is 35.5 Å². The third-order valence-electron chi connectivity index (χ3n) is 3.73. The fourth-order valence-electron chi connectivity index (χ4n) is 2.59. The third-order valence-corrected chi connectivity index (χ3v) is 3.73. The first kappa shape index (κ1) is 11.5. The highest BCUT2D eigenvalue weighted by Gasteiger charge is 2.26. The molecule has 2 nitrogen and oxygen atoms in total. The molecule has 0 atom stereocenters. The Morgan fingerprint density at radius 2 is 2.17 bits per heavy atom. The van der Waals surface area contributed by atoms with E-state index in [2.05, 4.69) is 36.5 Å². The van der Waals surface area contributed by atoms with Gasteiger partial charge < -0.3 is 5.32 Å². The minimum absolute atomic E-state index is 0.705. The molecule has 1 heterocycles. The van der Waals surface area contributed by atoms with Crippen LogP contribution in [0.3, 0.4) is 0 Å². The monoisotopic (exact) mass is 240 g/mol. The Balaban J connectivity index is 2.21. The van der Waals surface area contributed by atoms with Crippen molar-refractivity contribution < 1.29 is 0 Å². The minimum Gasteiger partial charge on any atom is -0.388 e. The van der Waals surface area contributed by atoms with Crippen LogP contribution in [0.15, 0.2) is 24.3 Å². The number of nitrogens with one attached hydrogen (secondary N) is 1. The molecule has 0 spiro atoms. The van der Waals surface area contributed by atoms with E-state index in [4.69, 9.17) is 4.98 Å². The van der Waals surface area contributed by atoms with E-state index in [-0.39, 0.29) is 0 Å². The van der Waals surface area contributed by atoms with Crippen LogP contribution < -0.4 is 5.32 Å². The summed E-state index contributed by atoms with van der Waals surface area (Å²) in [4.78, 5) is 4.92. The smallest absolute Gasteiger partial charge is 0.0758 e. The second kappa shape index (κ2) is 4.60. The number of aryl methyl sites for hydroxylation is 1. The van der Waals surface area contributed by atoms with Crippen molar-refractivity contribution in [2.75, 3.05) is 12.4 Å². The van der Waals surface area contributed by atoms with Gasteiger partial charge in [0.2, 0.25) is 0 Å². The lowest BCUT2D eigenvalue weighted by molar-refractivity contribution is 0.923. The van der Waals surface area contributed by atoms with Gasteiger partial charge in [-0.3, -0.25) is 4.98 Å². The number of pyridine rings is 1. The molecule has 1 aliphatic rings. The zero-order valence-corrected chi connectivity index (χ0v) is 11.2. The lowest BCUT2D eigenvalue weighted by Gasteiger charge is -2.11. The van der Waals surface area contributed by atoms with E-state index >= 15 is 0 Å². The first-order valence-corrected chi connectivity index (χ1v) is 6.93. The van der Waals surface area contributed by atoms with Crippen molar-refractivity contribution in [1.29, 1.82) is 0 Å². The van der Waals surface area contributed by atoms with Gasteiger partial charge in [-0.2, -0.15) is 0 Å². The van der Waals surface area contributed by atoms with Gasteiger partial charge in [0.25, 0.3) is 0 Å². The van der Waals surface area contributed by atoms with Crippen LogP contribution in [0.5, 0.6) is 0 Å². The Morgan fingerprint density at radius 3 is 2.83 bits per heavy atom. The van der Waals surface area contributed by atoms with Crippen LogP contribution in [0.4, 0.5) is 5.69 Å². The van der Waals surface area contributed by atoms with Gasteiger partial charge in [-0.1, -0.05) is 31.5 Å². The second-order valence-corrected chi connectivity index (χ2v) is 5.18. The summed E-state index contributed by atoms with van der Waals surface area (Å²) in [6.07, 6.45) is 4.89. The van der Waals surface area contributed by atoms with Crippen LogP contribution in [0.2, 0.25) is 0 Å². The first-order valence-electron chi connectivity index (χ1n) is 6.93. The molecule has 1 saturated carbocycles. The van der Waals surface area contributed by atoms with Gasteiger partial charge in [-0.25, -0.2) is 0 Å². The quantitative estimate of drug-likeness (QED) is 0.870. The lowest BCUT2D eigenvalue weighted by Crippen LogP contribution is -1.98. The van der Waals surface area contributed by atoms with Crippen molar-refractivity contribution >= 4 is 16.6 Å². The van der Waals surface area contributed by atoms with Crippen LogP contribution >= 0.6 is 0 Å². The number of aromatic nitrogens is 1. The summed E-state index contributed by atoms with van der Waals surface area (Å²) < 4.78 is 0. The normalized spacial score (nSPS) is 15.0. The molecule has 18 heavy (non-hydrogen) atoms. The Bertz CT molecular complexity index is 571. The van der Waals surface area contributed by atoms with Crippen molar-refractivity contribution in [2.45, 2.75) is 38.5 Å². The molecule has 1 N–H and O–H groups in total. The van der Waals surface area contributed by atoms with Gasteiger partial charge in [-0.15, -0.1) is 0 Å². The molecule has 0 amide bonds. The molecule has 0 bridgehead atoms. The molecule has 0 saturated heterocycles. The molecule has 2 aromatic rings. The number of anilines is 1. The number of rotatable bonds is 4. The minimum atomic E-state index is 0.705. The molecule has 1 aromatic carbocycles. The van der Waals surface area contributed by atoms with E-state index in [0.717, 1.165) is 6.42 Å². The Kier molecular flexibility index (Phi) is 2.94. The Labute approximate surface area is 108 Å². The van der Waals surface area contributed by atoms with Crippen molar-refractivity contribution in [2.24, 2.45) is 0 Å². The molecular weight excluding hydrogens is 220 g/mol. The van der Waals surface area contributed by atoms with E-state index in [1.165, 1.54) is 47.1 Å². The number of hydrogen-bond acceptors (Lipinski definition) is 2. The van der Waals surface area contributed by atoms with Gasteiger partial charge in [-0.05, 0) is 30.9 Å². The summed E-state index contributed by atoms with van der Waals surface area (Å²) in [5, 5.41) is 4.58. The Hall–Kier alpha value is -1.57. The highest BCUT2D eigenvalue weighted by atomic mass is 14.8. The number of benzene rings is 1. The molecule has 0 aliphatic heterocycles. The third kappa shape index (κ3) is 1.96. The number of fused-ring (bicyclic) bond motifs is 1. The summed E-state index contributed by atoms with van der Waals surface area (Å²) >= 11 is 0. The SMILES string of the molecule is CCCc1cccc2c(NC)cc(C3CC3)nc12. The summed E-state index contributed by atoms with van der Waals surface area (Å²) in [6.45, 7) is 2.22. The fraction of sp³-hybridized carbons (Fsp3) is 0.438. The average molecular weight is 240 g/mol. The molecule has 94 valence electrons. The van der Waals surface area contributed by atoms with E-state index < -0.39 is 0 Å². The van der Waals surface area contributed by atoms with Gasteiger partial charge >= 0.3 is 0 Å². The van der Waals surface area contributed by atoms with Crippen LogP contribution in [-0.4, -0.2) is 12.0 Å². The maximum Gasteiger partial charge on any atom is 0.0758 e. The van der Waals surface area contributed by atoms with Crippen molar-refractivity contribution in [1.82, 2.24) is 4.98 Å². The summed E-state index contributed by atoms with van der Waals surface area (Å²) in [7, 11) is 2.00. The second-order valence-electron chi connectivity index (χ2n) is 5.18. The van der Waals surface area contributed by atoms with Gasteiger partial charge in [0.05, 0.1) is 5.52 Å². The van der Waals surface area contributed by atoms with E-state index in [1.807, 2.05) is 7.05 Å². The summed E-state index contributed by atoms with van der Waals surface area (Å²) in [5.74, 6) is 0.705. The maximum atomic E-state index is 4.92. The molecule has 3 rings (SSSR count). The predicted octanol–water partition coefficient (Wildman–Crippen LogP) is 4.11. The lowest BCUT2D eigenvalue weighted by atomic mass is 10.0. The first-order chi connectivity index (χ1) is 8.83. The summed E-state index contributed by atoms with van der Waals surface area (Å²) in [5.41, 5.74) is 5.08. The standard InChI is InChI=1S/C16H20N2/c1-3-5-12-6-4-7-13-15(17-2)10-14(11-8-9-11)18-16(12)13/h4,6-7,10-11H,3,5,8-9H2,1-2H3,(H,17,18). The molecule has 0 radical (unpaired) electrons. The molecule has 0 unspecified atom stereocenters. The average Bonchev–Trinajstić information content (AvgIpc) is 3.22. The highest BCUT2D eigenvalue weighted by Crippen LogP contribution is 2.41. The summed E-state index contributed by atoms with van der Waals surface area (Å²) in [6, 6.07) is 8.77. The van der Waals surface area contributed by atoms with Crippen LogP contribution in [0.25, 0.3) is 10.9 Å². The highest BCUT2D eigenvalue weighted by molar-refractivity contribution is 5.93. The number of hydrogen-bond donors (Lipinski definition) is 1. The van der Waals surface area contributed by atoms with E-state index in [1.54, 1.807) is 0 Å². The predicted molar refractivity (Wildman–Crippen MR) is 77.3 cm³/mol. The van der Waals surface area contributed by atoms with Gasteiger partial charge in [0, 0.05) is 29.7 Å². The van der Waals surface area contributed by atoms with Gasteiger partial charge in [0.1, 0.15) is 0 Å². The van der Waals surface area contributed by atoms with E-state index in [0.29, 0.717) is 5.92 Å². The van der Waals surface area contributed by atoms with Crippen LogP contribution in [0.1, 0.15) is 43.4 Å². The molecule has 1 aliphatic carbocycles. The van der Waals surface area contributed by atoms with Crippen LogP contribution in [-0.2, 0) is 6.42 Å². The van der Waals surface area contributed by atoms with Crippen LogP contribution in [0, 0.1) is 0 Å². The number of nitrogens with zero attached hydrogens (tertiary/aromatic N) is 1. The van der Waals surface area contributed by atoms with Crippen molar-refractivity contribution in [3.63, 3.8) is 0 Å². The van der Waals surface area contributed by atoms with Gasteiger partial charge in [0.15, 0.2) is 0 Å². The molecule has 1 fully saturated rings. The molecular formula is C16H20N2. The molecule has 1 aromatic heterocycles. The largest absolute Gasteiger partial charge is 0.388 e. The zero-order chi connectivity index (χ0) is 12.5. The zero-order valence-electron chi connectivity index (χ0n) is 11.2. The van der Waals surface area contributed by atoms with Crippen molar-refractivity contribution in [3.8, 4) is 0 Å². The molecule has 2 heteroatoms.